The van der Waals surface area contributed by atoms with Crippen molar-refractivity contribution in [2.45, 2.75) is 19.8 Å². The SMILES string of the molecule is CC(C)c1cccc(-c2cnn(C)c2)c1C#N. The first-order chi connectivity index (χ1) is 8.13. The Morgan fingerprint density at radius 1 is 1.35 bits per heavy atom. The lowest BCUT2D eigenvalue weighted by molar-refractivity contribution is 0.768. The second-order valence-corrected chi connectivity index (χ2v) is 4.44. The number of hydrogen-bond acceptors (Lipinski definition) is 2. The Kier molecular flexibility index (Phi) is 2.97. The second-order valence-electron chi connectivity index (χ2n) is 4.44. The van der Waals surface area contributed by atoms with E-state index in [-0.39, 0.29) is 0 Å². The van der Waals surface area contributed by atoms with Crippen LogP contribution in [0.4, 0.5) is 0 Å². The summed E-state index contributed by atoms with van der Waals surface area (Å²) in [6.07, 6.45) is 3.72. The van der Waals surface area contributed by atoms with Gasteiger partial charge in [0.1, 0.15) is 6.07 Å². The zero-order valence-corrected chi connectivity index (χ0v) is 10.3. The van der Waals surface area contributed by atoms with E-state index in [1.807, 2.05) is 31.4 Å². The van der Waals surface area contributed by atoms with Crippen molar-refractivity contribution in [2.24, 2.45) is 7.05 Å². The fraction of sp³-hybridized carbons (Fsp3) is 0.286. The summed E-state index contributed by atoms with van der Waals surface area (Å²) < 4.78 is 1.75. The molecule has 1 heterocycles. The van der Waals surface area contributed by atoms with Crippen LogP contribution < -0.4 is 0 Å². The van der Waals surface area contributed by atoms with Gasteiger partial charge in [-0.2, -0.15) is 10.4 Å². The van der Waals surface area contributed by atoms with Crippen LogP contribution in [-0.2, 0) is 7.05 Å². The smallest absolute Gasteiger partial charge is 0.100 e. The first-order valence-corrected chi connectivity index (χ1v) is 5.65. The molecule has 1 aromatic heterocycles. The third kappa shape index (κ3) is 2.07. The van der Waals surface area contributed by atoms with E-state index in [4.69, 9.17) is 0 Å². The average Bonchev–Trinajstić information content (AvgIpc) is 2.74. The van der Waals surface area contributed by atoms with Gasteiger partial charge in [0.2, 0.25) is 0 Å². The van der Waals surface area contributed by atoms with Gasteiger partial charge in [0, 0.05) is 24.4 Å². The van der Waals surface area contributed by atoms with E-state index in [9.17, 15) is 5.26 Å². The molecule has 0 saturated heterocycles. The van der Waals surface area contributed by atoms with E-state index in [1.165, 1.54) is 0 Å². The van der Waals surface area contributed by atoms with Gasteiger partial charge < -0.3 is 0 Å². The highest BCUT2D eigenvalue weighted by Crippen LogP contribution is 2.29. The van der Waals surface area contributed by atoms with E-state index in [0.29, 0.717) is 5.92 Å². The molecule has 0 atom stereocenters. The summed E-state index contributed by atoms with van der Waals surface area (Å²) in [6, 6.07) is 8.31. The Morgan fingerprint density at radius 2 is 2.12 bits per heavy atom. The molecule has 0 aliphatic heterocycles. The highest BCUT2D eigenvalue weighted by Gasteiger charge is 2.12. The molecule has 0 amide bonds. The Labute approximate surface area is 101 Å². The molecule has 0 unspecified atom stereocenters. The van der Waals surface area contributed by atoms with Crippen LogP contribution in [0, 0.1) is 11.3 Å². The van der Waals surface area contributed by atoms with Gasteiger partial charge in [-0.25, -0.2) is 0 Å². The van der Waals surface area contributed by atoms with Crippen molar-refractivity contribution in [3.63, 3.8) is 0 Å². The molecule has 2 rings (SSSR count). The molecule has 0 bridgehead atoms. The Hall–Kier alpha value is -2.08. The molecule has 17 heavy (non-hydrogen) atoms. The average molecular weight is 225 g/mol. The van der Waals surface area contributed by atoms with E-state index in [2.05, 4.69) is 25.0 Å². The van der Waals surface area contributed by atoms with Gasteiger partial charge in [0.15, 0.2) is 0 Å². The first-order valence-electron chi connectivity index (χ1n) is 5.65. The van der Waals surface area contributed by atoms with E-state index < -0.39 is 0 Å². The van der Waals surface area contributed by atoms with Crippen LogP contribution in [0.1, 0.15) is 30.9 Å². The van der Waals surface area contributed by atoms with Crippen molar-refractivity contribution in [3.05, 3.63) is 41.7 Å². The molecular formula is C14H15N3. The molecule has 0 spiro atoms. The number of aromatic nitrogens is 2. The lowest BCUT2D eigenvalue weighted by Crippen LogP contribution is -1.95. The summed E-state index contributed by atoms with van der Waals surface area (Å²) >= 11 is 0. The van der Waals surface area contributed by atoms with E-state index >= 15 is 0 Å². The fourth-order valence-corrected chi connectivity index (χ4v) is 1.98. The summed E-state index contributed by atoms with van der Waals surface area (Å²) in [7, 11) is 1.88. The zero-order chi connectivity index (χ0) is 12.4. The highest BCUT2D eigenvalue weighted by molar-refractivity contribution is 5.71. The van der Waals surface area contributed by atoms with Gasteiger partial charge in [0.25, 0.3) is 0 Å². The minimum atomic E-state index is 0.348. The summed E-state index contributed by atoms with van der Waals surface area (Å²) in [4.78, 5) is 0. The Balaban J connectivity index is 2.63. The maximum absolute atomic E-state index is 9.34. The molecule has 0 aliphatic rings. The molecule has 0 N–H and O–H groups in total. The van der Waals surface area contributed by atoms with Crippen molar-refractivity contribution in [2.75, 3.05) is 0 Å². The minimum absolute atomic E-state index is 0.348. The molecular weight excluding hydrogens is 210 g/mol. The van der Waals surface area contributed by atoms with E-state index in [0.717, 1.165) is 22.3 Å². The maximum atomic E-state index is 9.34. The quantitative estimate of drug-likeness (QED) is 0.788. The van der Waals surface area contributed by atoms with Crippen LogP contribution in [0.15, 0.2) is 30.6 Å². The van der Waals surface area contributed by atoms with Gasteiger partial charge in [-0.1, -0.05) is 32.0 Å². The van der Waals surface area contributed by atoms with Crippen LogP contribution in [0.3, 0.4) is 0 Å². The van der Waals surface area contributed by atoms with Crippen LogP contribution in [0.5, 0.6) is 0 Å². The molecule has 1 aromatic carbocycles. The number of nitriles is 1. The summed E-state index contributed by atoms with van der Waals surface area (Å²) in [6.45, 7) is 4.20. The van der Waals surface area contributed by atoms with Crippen molar-refractivity contribution < 1.29 is 0 Å². The number of nitrogens with zero attached hydrogens (tertiary/aromatic N) is 3. The maximum Gasteiger partial charge on any atom is 0.100 e. The Bertz CT molecular complexity index is 573. The standard InChI is InChI=1S/C14H15N3/c1-10(2)12-5-4-6-13(14(12)7-15)11-8-16-17(3)9-11/h4-6,8-10H,1-3H3. The number of rotatable bonds is 2. The zero-order valence-electron chi connectivity index (χ0n) is 10.3. The first kappa shape index (κ1) is 11.4. The number of benzene rings is 1. The van der Waals surface area contributed by atoms with Crippen molar-refractivity contribution in [1.82, 2.24) is 9.78 Å². The summed E-state index contributed by atoms with van der Waals surface area (Å²) in [5.41, 5.74) is 3.81. The largest absolute Gasteiger partial charge is 0.275 e. The van der Waals surface area contributed by atoms with Crippen LogP contribution in [0.2, 0.25) is 0 Å². The lowest BCUT2D eigenvalue weighted by atomic mass is 9.92. The molecule has 0 radical (unpaired) electrons. The van der Waals surface area contributed by atoms with Crippen LogP contribution >= 0.6 is 0 Å². The van der Waals surface area contributed by atoms with Crippen molar-refractivity contribution >= 4 is 0 Å². The third-order valence-corrected chi connectivity index (χ3v) is 2.85. The van der Waals surface area contributed by atoms with Crippen LogP contribution in [0.25, 0.3) is 11.1 Å². The van der Waals surface area contributed by atoms with Crippen molar-refractivity contribution in [1.29, 1.82) is 5.26 Å². The van der Waals surface area contributed by atoms with Gasteiger partial charge in [-0.05, 0) is 11.5 Å². The molecule has 86 valence electrons. The second kappa shape index (κ2) is 4.42. The summed E-state index contributed by atoms with van der Waals surface area (Å²) in [5, 5.41) is 13.5. The monoisotopic (exact) mass is 225 g/mol. The molecule has 3 heteroatoms. The van der Waals surface area contributed by atoms with Crippen molar-refractivity contribution in [3.8, 4) is 17.2 Å². The topological polar surface area (TPSA) is 41.6 Å². The molecule has 0 saturated carbocycles. The normalized spacial score (nSPS) is 10.5. The number of hydrogen-bond donors (Lipinski definition) is 0. The van der Waals surface area contributed by atoms with E-state index in [1.54, 1.807) is 10.9 Å². The van der Waals surface area contributed by atoms with Gasteiger partial charge >= 0.3 is 0 Å². The predicted molar refractivity (Wildman–Crippen MR) is 67.4 cm³/mol. The number of aryl methyl sites for hydroxylation is 1. The lowest BCUT2D eigenvalue weighted by Gasteiger charge is -2.10. The van der Waals surface area contributed by atoms with Gasteiger partial charge in [0.05, 0.1) is 11.8 Å². The van der Waals surface area contributed by atoms with Gasteiger partial charge in [-0.15, -0.1) is 0 Å². The highest BCUT2D eigenvalue weighted by atomic mass is 15.2. The molecule has 3 nitrogen and oxygen atoms in total. The fourth-order valence-electron chi connectivity index (χ4n) is 1.98. The predicted octanol–water partition coefficient (Wildman–Crippen LogP) is 3.08. The molecule has 2 aromatic rings. The van der Waals surface area contributed by atoms with Gasteiger partial charge in [-0.3, -0.25) is 4.68 Å². The van der Waals surface area contributed by atoms with Crippen LogP contribution in [-0.4, -0.2) is 9.78 Å². The third-order valence-electron chi connectivity index (χ3n) is 2.85. The molecule has 0 fully saturated rings. The Morgan fingerprint density at radius 3 is 2.65 bits per heavy atom. The summed E-state index contributed by atoms with van der Waals surface area (Å²) in [5.74, 6) is 0.348. The minimum Gasteiger partial charge on any atom is -0.275 e. The molecule has 0 aliphatic carbocycles.